The molecule has 2 fully saturated rings. The second kappa shape index (κ2) is 4.05. The Hall–Kier alpha value is -1.10. The van der Waals surface area contributed by atoms with E-state index in [1.54, 1.807) is 11.9 Å². The van der Waals surface area contributed by atoms with E-state index in [1.807, 2.05) is 6.92 Å². The molecule has 90 valence electrons. The fraction of sp³-hybridized carbons (Fsp3) is 0.818. The average molecular weight is 226 g/mol. The first kappa shape index (κ1) is 11.4. The Kier molecular flexibility index (Phi) is 2.88. The number of likely N-dealkylation sites (N-methyl/N-ethyl adjacent to an activating group) is 1. The maximum atomic E-state index is 12.1. The number of hydrogen-bond donors (Lipinski definition) is 2. The highest BCUT2D eigenvalue weighted by molar-refractivity contribution is 5.84. The largest absolute Gasteiger partial charge is 0.481 e. The summed E-state index contributed by atoms with van der Waals surface area (Å²) in [5.74, 6) is -1.08. The molecule has 4 atom stereocenters. The summed E-state index contributed by atoms with van der Waals surface area (Å²) in [6.45, 7) is 1.82. The van der Waals surface area contributed by atoms with Gasteiger partial charge in [-0.05, 0) is 33.2 Å². The third-order valence-corrected chi connectivity index (χ3v) is 3.91. The number of carbonyl (C=O) groups is 2. The van der Waals surface area contributed by atoms with Crippen LogP contribution in [0, 0.1) is 5.92 Å². The molecule has 5 heteroatoms. The Labute approximate surface area is 94.8 Å². The molecule has 2 rings (SSSR count). The molecule has 2 aliphatic rings. The number of rotatable bonds is 3. The standard InChI is InChI=1S/C11H18N2O3/c1-6(12-2)10(14)13-7-3-4-9(13)8(5-7)11(15)16/h6-9,12H,3-5H2,1-2H3,(H,15,16). The maximum Gasteiger partial charge on any atom is 0.308 e. The molecule has 2 saturated heterocycles. The quantitative estimate of drug-likeness (QED) is 0.714. The van der Waals surface area contributed by atoms with Crippen LogP contribution in [0.1, 0.15) is 26.2 Å². The maximum absolute atomic E-state index is 12.1. The van der Waals surface area contributed by atoms with Gasteiger partial charge in [0.05, 0.1) is 12.0 Å². The van der Waals surface area contributed by atoms with Gasteiger partial charge in [0.15, 0.2) is 0 Å². The van der Waals surface area contributed by atoms with Crippen molar-refractivity contribution in [2.45, 2.75) is 44.3 Å². The van der Waals surface area contributed by atoms with E-state index in [2.05, 4.69) is 5.32 Å². The molecule has 2 aliphatic heterocycles. The molecule has 0 aromatic carbocycles. The van der Waals surface area contributed by atoms with Crippen LogP contribution in [0.15, 0.2) is 0 Å². The van der Waals surface area contributed by atoms with Gasteiger partial charge in [0, 0.05) is 12.1 Å². The third kappa shape index (κ3) is 1.59. The number of carboxylic acid groups (broad SMARTS) is 1. The zero-order chi connectivity index (χ0) is 11.9. The zero-order valence-electron chi connectivity index (χ0n) is 9.64. The molecule has 2 bridgehead atoms. The lowest BCUT2D eigenvalue weighted by Gasteiger charge is -2.26. The summed E-state index contributed by atoms with van der Waals surface area (Å²) in [4.78, 5) is 24.9. The van der Waals surface area contributed by atoms with Crippen LogP contribution in [0.25, 0.3) is 0 Å². The van der Waals surface area contributed by atoms with Crippen LogP contribution >= 0.6 is 0 Å². The van der Waals surface area contributed by atoms with Gasteiger partial charge in [-0.15, -0.1) is 0 Å². The van der Waals surface area contributed by atoms with Gasteiger partial charge in [-0.2, -0.15) is 0 Å². The molecule has 2 N–H and O–H groups in total. The Morgan fingerprint density at radius 3 is 2.62 bits per heavy atom. The van der Waals surface area contributed by atoms with Crippen molar-refractivity contribution in [1.29, 1.82) is 0 Å². The van der Waals surface area contributed by atoms with Gasteiger partial charge >= 0.3 is 5.97 Å². The first-order valence-corrected chi connectivity index (χ1v) is 5.78. The minimum Gasteiger partial charge on any atom is -0.481 e. The molecule has 0 radical (unpaired) electrons. The lowest BCUT2D eigenvalue weighted by Crippen LogP contribution is -2.46. The van der Waals surface area contributed by atoms with Crippen molar-refractivity contribution < 1.29 is 14.7 Å². The van der Waals surface area contributed by atoms with Crippen LogP contribution in [0.4, 0.5) is 0 Å². The molecule has 0 saturated carbocycles. The summed E-state index contributed by atoms with van der Waals surface area (Å²) in [6.07, 6.45) is 2.42. The van der Waals surface area contributed by atoms with Crippen LogP contribution in [-0.4, -0.2) is 47.1 Å². The molecule has 16 heavy (non-hydrogen) atoms. The molecular weight excluding hydrogens is 208 g/mol. The van der Waals surface area contributed by atoms with Gasteiger partial charge in [0.2, 0.25) is 5.91 Å². The van der Waals surface area contributed by atoms with E-state index in [0.717, 1.165) is 12.8 Å². The molecule has 0 spiro atoms. The first-order valence-electron chi connectivity index (χ1n) is 5.78. The fourth-order valence-electron chi connectivity index (χ4n) is 2.94. The van der Waals surface area contributed by atoms with E-state index in [-0.39, 0.29) is 30.0 Å². The molecule has 0 aromatic heterocycles. The fourth-order valence-corrected chi connectivity index (χ4v) is 2.94. The number of carboxylic acids is 1. The number of nitrogens with one attached hydrogen (secondary N) is 1. The zero-order valence-corrected chi connectivity index (χ0v) is 9.64. The van der Waals surface area contributed by atoms with Gasteiger partial charge in [-0.3, -0.25) is 9.59 Å². The van der Waals surface area contributed by atoms with E-state index in [4.69, 9.17) is 5.11 Å². The minimum absolute atomic E-state index is 0.0405. The van der Waals surface area contributed by atoms with E-state index in [9.17, 15) is 9.59 Å². The Balaban J connectivity index is 2.13. The van der Waals surface area contributed by atoms with Gasteiger partial charge in [-0.25, -0.2) is 0 Å². The summed E-state index contributed by atoms with van der Waals surface area (Å²) in [5.41, 5.74) is 0. The molecule has 0 aliphatic carbocycles. The molecular formula is C11H18N2O3. The van der Waals surface area contributed by atoms with Crippen LogP contribution in [0.2, 0.25) is 0 Å². The summed E-state index contributed by atoms with van der Waals surface area (Å²) in [5, 5.41) is 12.0. The second-order valence-electron chi connectivity index (χ2n) is 4.73. The van der Waals surface area contributed by atoms with Crippen LogP contribution < -0.4 is 5.32 Å². The Morgan fingerprint density at radius 1 is 1.44 bits per heavy atom. The number of carbonyl (C=O) groups excluding carboxylic acids is 1. The molecule has 5 nitrogen and oxygen atoms in total. The smallest absolute Gasteiger partial charge is 0.308 e. The highest BCUT2D eigenvalue weighted by Gasteiger charge is 2.51. The van der Waals surface area contributed by atoms with Crippen LogP contribution in [0.3, 0.4) is 0 Å². The topological polar surface area (TPSA) is 69.6 Å². The Bertz CT molecular complexity index is 318. The van der Waals surface area contributed by atoms with Crippen LogP contribution in [0.5, 0.6) is 0 Å². The molecule has 0 aromatic rings. The van der Waals surface area contributed by atoms with Crippen molar-refractivity contribution in [2.75, 3.05) is 7.05 Å². The number of nitrogens with zero attached hydrogens (tertiary/aromatic N) is 1. The first-order chi connectivity index (χ1) is 7.56. The highest BCUT2D eigenvalue weighted by atomic mass is 16.4. The van der Waals surface area contributed by atoms with Crippen molar-refractivity contribution >= 4 is 11.9 Å². The summed E-state index contributed by atoms with van der Waals surface area (Å²) < 4.78 is 0. The van der Waals surface area contributed by atoms with Gasteiger partial charge < -0.3 is 15.3 Å². The van der Waals surface area contributed by atoms with Crippen molar-refractivity contribution in [1.82, 2.24) is 10.2 Å². The number of aliphatic carboxylic acids is 1. The second-order valence-corrected chi connectivity index (χ2v) is 4.73. The van der Waals surface area contributed by atoms with Gasteiger partial charge in [0.1, 0.15) is 0 Å². The molecule has 2 heterocycles. The SMILES string of the molecule is CNC(C)C(=O)N1C2CCC1C(C(=O)O)C2. The average Bonchev–Trinajstić information content (AvgIpc) is 2.83. The van der Waals surface area contributed by atoms with Crippen molar-refractivity contribution in [3.8, 4) is 0 Å². The van der Waals surface area contributed by atoms with Crippen molar-refractivity contribution in [3.05, 3.63) is 0 Å². The van der Waals surface area contributed by atoms with Crippen molar-refractivity contribution in [2.24, 2.45) is 5.92 Å². The van der Waals surface area contributed by atoms with Crippen molar-refractivity contribution in [3.63, 3.8) is 0 Å². The van der Waals surface area contributed by atoms with E-state index in [1.165, 1.54) is 0 Å². The summed E-state index contributed by atoms with van der Waals surface area (Å²) in [6, 6.07) is -0.157. The number of amides is 1. The predicted molar refractivity (Wildman–Crippen MR) is 57.9 cm³/mol. The van der Waals surface area contributed by atoms with Gasteiger partial charge in [0.25, 0.3) is 0 Å². The number of hydrogen-bond acceptors (Lipinski definition) is 3. The summed E-state index contributed by atoms with van der Waals surface area (Å²) in [7, 11) is 1.75. The van der Waals surface area contributed by atoms with E-state index >= 15 is 0 Å². The third-order valence-electron chi connectivity index (χ3n) is 3.91. The molecule has 4 unspecified atom stereocenters. The van der Waals surface area contributed by atoms with E-state index < -0.39 is 5.97 Å². The summed E-state index contributed by atoms with van der Waals surface area (Å²) >= 11 is 0. The lowest BCUT2D eigenvalue weighted by molar-refractivity contribution is -0.143. The monoisotopic (exact) mass is 226 g/mol. The predicted octanol–water partition coefficient (Wildman–Crippen LogP) is 0.0584. The normalized spacial score (nSPS) is 34.1. The molecule has 1 amide bonds. The van der Waals surface area contributed by atoms with Crippen LogP contribution in [-0.2, 0) is 9.59 Å². The highest BCUT2D eigenvalue weighted by Crippen LogP contribution is 2.42. The van der Waals surface area contributed by atoms with Gasteiger partial charge in [-0.1, -0.05) is 0 Å². The lowest BCUT2D eigenvalue weighted by atomic mass is 9.89. The Morgan fingerprint density at radius 2 is 2.12 bits per heavy atom. The van der Waals surface area contributed by atoms with E-state index in [0.29, 0.717) is 6.42 Å². The number of fused-ring (bicyclic) bond motifs is 2. The minimum atomic E-state index is -0.762.